The molecule has 0 aliphatic heterocycles. The normalized spacial score (nSPS) is 11.2. The first-order valence-corrected chi connectivity index (χ1v) is 6.93. The van der Waals surface area contributed by atoms with Crippen LogP contribution in [0.3, 0.4) is 0 Å². The summed E-state index contributed by atoms with van der Waals surface area (Å²) in [5, 5.41) is 12.2. The lowest BCUT2D eigenvalue weighted by molar-refractivity contribution is 0.602. The molecule has 6 heteroatoms. The Hall–Kier alpha value is -3.02. The van der Waals surface area contributed by atoms with Gasteiger partial charge >= 0.3 is 0 Å². The molecule has 2 heterocycles. The molecule has 0 N–H and O–H groups in total. The summed E-state index contributed by atoms with van der Waals surface area (Å²) in [5.74, 6) is 0.639. The van der Waals surface area contributed by atoms with Crippen molar-refractivity contribution in [3.63, 3.8) is 0 Å². The monoisotopic (exact) mass is 291 g/mol. The third-order valence-electron chi connectivity index (χ3n) is 3.72. The second kappa shape index (κ2) is 4.77. The van der Waals surface area contributed by atoms with E-state index in [0.29, 0.717) is 11.4 Å². The van der Waals surface area contributed by atoms with Gasteiger partial charge < -0.3 is 4.42 Å². The predicted octanol–water partition coefficient (Wildman–Crippen LogP) is 3.09. The maximum absolute atomic E-state index is 5.50. The van der Waals surface area contributed by atoms with Crippen molar-refractivity contribution in [3.05, 3.63) is 53.9 Å². The van der Waals surface area contributed by atoms with Gasteiger partial charge in [-0.05, 0) is 47.5 Å². The molecule has 0 bridgehead atoms. The number of oxazole rings is 1. The van der Waals surface area contributed by atoms with Crippen molar-refractivity contribution in [1.82, 2.24) is 25.2 Å². The van der Waals surface area contributed by atoms with Gasteiger partial charge in [0.1, 0.15) is 5.52 Å². The van der Waals surface area contributed by atoms with Crippen LogP contribution in [0.1, 0.15) is 11.1 Å². The number of benzene rings is 2. The Morgan fingerprint density at radius 3 is 2.59 bits per heavy atom. The first-order chi connectivity index (χ1) is 10.8. The van der Waals surface area contributed by atoms with Crippen LogP contribution in [0, 0.1) is 13.8 Å². The molecule has 0 unspecified atom stereocenters. The first-order valence-electron chi connectivity index (χ1n) is 6.93. The fraction of sp³-hybridized carbons (Fsp3) is 0.125. The van der Waals surface area contributed by atoms with Gasteiger partial charge in [-0.2, -0.15) is 4.68 Å². The minimum atomic E-state index is 0.639. The van der Waals surface area contributed by atoms with E-state index in [-0.39, 0.29) is 0 Å². The Labute approximate surface area is 126 Å². The van der Waals surface area contributed by atoms with Gasteiger partial charge in [0.2, 0.25) is 0 Å². The maximum atomic E-state index is 5.50. The van der Waals surface area contributed by atoms with Crippen molar-refractivity contribution in [3.8, 4) is 17.1 Å². The quantitative estimate of drug-likeness (QED) is 0.567. The molecule has 0 atom stereocenters. The van der Waals surface area contributed by atoms with Crippen molar-refractivity contribution in [2.24, 2.45) is 0 Å². The summed E-state index contributed by atoms with van der Waals surface area (Å²) in [6, 6.07) is 11.9. The van der Waals surface area contributed by atoms with Crippen molar-refractivity contribution >= 4 is 11.1 Å². The molecule has 2 aromatic heterocycles. The van der Waals surface area contributed by atoms with Crippen LogP contribution in [-0.4, -0.2) is 25.2 Å². The van der Waals surface area contributed by atoms with Gasteiger partial charge in [-0.1, -0.05) is 24.3 Å². The fourth-order valence-corrected chi connectivity index (χ4v) is 2.71. The number of nitrogens with zero attached hydrogens (tertiary/aromatic N) is 5. The third kappa shape index (κ3) is 1.81. The van der Waals surface area contributed by atoms with E-state index in [1.807, 2.05) is 50.2 Å². The smallest absolute Gasteiger partial charge is 0.190 e. The topological polar surface area (TPSA) is 69.6 Å². The van der Waals surface area contributed by atoms with Gasteiger partial charge in [0, 0.05) is 0 Å². The summed E-state index contributed by atoms with van der Waals surface area (Å²) >= 11 is 0. The molecular weight excluding hydrogens is 278 g/mol. The lowest BCUT2D eigenvalue weighted by Gasteiger charge is -2.10. The summed E-state index contributed by atoms with van der Waals surface area (Å²) in [6.45, 7) is 4.09. The van der Waals surface area contributed by atoms with Crippen molar-refractivity contribution in [1.29, 1.82) is 0 Å². The van der Waals surface area contributed by atoms with E-state index in [2.05, 4.69) is 20.5 Å². The van der Waals surface area contributed by atoms with Crippen molar-refractivity contribution in [2.75, 3.05) is 0 Å². The molecule has 0 aliphatic carbocycles. The summed E-state index contributed by atoms with van der Waals surface area (Å²) < 4.78 is 7.26. The van der Waals surface area contributed by atoms with Gasteiger partial charge in [0.05, 0.1) is 11.3 Å². The lowest BCUT2D eigenvalue weighted by atomic mass is 10.1. The summed E-state index contributed by atoms with van der Waals surface area (Å²) in [4.78, 5) is 4.18. The van der Waals surface area contributed by atoms with Crippen LogP contribution in [0.15, 0.2) is 47.2 Å². The van der Waals surface area contributed by atoms with Crippen LogP contribution in [0.5, 0.6) is 0 Å². The van der Waals surface area contributed by atoms with Gasteiger partial charge in [0.25, 0.3) is 0 Å². The number of aromatic nitrogens is 5. The number of aryl methyl sites for hydroxylation is 2. The average molecular weight is 291 g/mol. The molecule has 4 aromatic rings. The van der Waals surface area contributed by atoms with E-state index in [1.54, 1.807) is 4.68 Å². The second-order valence-electron chi connectivity index (χ2n) is 5.16. The molecular formula is C16H13N5O. The first kappa shape index (κ1) is 12.7. The van der Waals surface area contributed by atoms with Gasteiger partial charge in [-0.3, -0.25) is 0 Å². The zero-order valence-corrected chi connectivity index (χ0v) is 12.2. The molecule has 6 nitrogen and oxygen atoms in total. The number of para-hydroxylation sites is 2. The minimum Gasteiger partial charge on any atom is -0.443 e. The highest BCUT2D eigenvalue weighted by Crippen LogP contribution is 2.29. The van der Waals surface area contributed by atoms with Crippen LogP contribution >= 0.6 is 0 Å². The zero-order chi connectivity index (χ0) is 15.1. The predicted molar refractivity (Wildman–Crippen MR) is 81.6 cm³/mol. The molecule has 0 fully saturated rings. The van der Waals surface area contributed by atoms with Crippen LogP contribution in [-0.2, 0) is 0 Å². The molecule has 0 saturated carbocycles. The number of hydrogen-bond donors (Lipinski definition) is 0. The van der Waals surface area contributed by atoms with E-state index < -0.39 is 0 Å². The highest BCUT2D eigenvalue weighted by atomic mass is 16.3. The second-order valence-corrected chi connectivity index (χ2v) is 5.16. The summed E-state index contributed by atoms with van der Waals surface area (Å²) in [6.07, 6.45) is 1.43. The van der Waals surface area contributed by atoms with Crippen LogP contribution < -0.4 is 0 Å². The van der Waals surface area contributed by atoms with Gasteiger partial charge in [0.15, 0.2) is 17.8 Å². The van der Waals surface area contributed by atoms with E-state index in [0.717, 1.165) is 27.9 Å². The number of hydrogen-bond acceptors (Lipinski definition) is 5. The van der Waals surface area contributed by atoms with E-state index in [1.165, 1.54) is 6.39 Å². The molecule has 0 radical (unpaired) electrons. The molecule has 108 valence electrons. The van der Waals surface area contributed by atoms with Crippen LogP contribution in [0.4, 0.5) is 0 Å². The number of rotatable bonds is 2. The van der Waals surface area contributed by atoms with E-state index >= 15 is 0 Å². The molecule has 0 amide bonds. The molecule has 0 aliphatic rings. The Morgan fingerprint density at radius 1 is 1.00 bits per heavy atom. The summed E-state index contributed by atoms with van der Waals surface area (Å²) in [7, 11) is 0. The van der Waals surface area contributed by atoms with Crippen molar-refractivity contribution < 1.29 is 4.42 Å². The lowest BCUT2D eigenvalue weighted by Crippen LogP contribution is -2.04. The fourth-order valence-electron chi connectivity index (χ4n) is 2.71. The zero-order valence-electron chi connectivity index (χ0n) is 12.2. The Bertz CT molecular complexity index is 949. The minimum absolute atomic E-state index is 0.639. The van der Waals surface area contributed by atoms with Crippen LogP contribution in [0.25, 0.3) is 28.2 Å². The summed E-state index contributed by atoms with van der Waals surface area (Å²) in [5.41, 5.74) is 5.50. The Kier molecular flexibility index (Phi) is 2.75. The highest BCUT2D eigenvalue weighted by Gasteiger charge is 2.18. The highest BCUT2D eigenvalue weighted by molar-refractivity contribution is 5.88. The molecule has 0 spiro atoms. The molecule has 2 aromatic carbocycles. The Morgan fingerprint density at radius 2 is 1.77 bits per heavy atom. The van der Waals surface area contributed by atoms with Gasteiger partial charge in [-0.15, -0.1) is 5.10 Å². The largest absolute Gasteiger partial charge is 0.443 e. The molecule has 0 saturated heterocycles. The average Bonchev–Trinajstić information content (AvgIpc) is 3.15. The van der Waals surface area contributed by atoms with E-state index in [4.69, 9.17) is 4.42 Å². The third-order valence-corrected chi connectivity index (χ3v) is 3.72. The number of fused-ring (bicyclic) bond motifs is 1. The number of tetrazole rings is 1. The van der Waals surface area contributed by atoms with E-state index in [9.17, 15) is 0 Å². The standard InChI is InChI=1S/C16H13N5O/c1-10-5-3-6-11(2)14(10)21-16(18-19-20-21)12-7-4-8-13-15(12)22-9-17-13/h3-9H,1-2H3. The maximum Gasteiger partial charge on any atom is 0.190 e. The Balaban J connectivity index is 2.00. The van der Waals surface area contributed by atoms with Gasteiger partial charge in [-0.25, -0.2) is 4.98 Å². The SMILES string of the molecule is Cc1cccc(C)c1-n1nnnc1-c1cccc2ncoc12. The van der Waals surface area contributed by atoms with Crippen molar-refractivity contribution in [2.45, 2.75) is 13.8 Å². The van der Waals surface area contributed by atoms with Crippen LogP contribution in [0.2, 0.25) is 0 Å². The molecule has 22 heavy (non-hydrogen) atoms. The molecule has 4 rings (SSSR count).